The topological polar surface area (TPSA) is 80.0 Å². The second kappa shape index (κ2) is 15.1. The molecule has 0 aliphatic carbocycles. The first-order chi connectivity index (χ1) is 18.1. The number of amides is 4. The van der Waals surface area contributed by atoms with Crippen molar-refractivity contribution in [2.45, 2.75) is 33.9 Å². The number of urea groups is 2. The summed E-state index contributed by atoms with van der Waals surface area (Å²) in [4.78, 5) is 31.2. The Kier molecular flexibility index (Phi) is 12.2. The van der Waals surface area contributed by atoms with Gasteiger partial charge in [0.15, 0.2) is 0 Å². The number of rotatable bonds is 13. The Bertz CT molecular complexity index is 991. The average molecular weight is 537 g/mol. The van der Waals surface area contributed by atoms with Gasteiger partial charge < -0.3 is 30.7 Å². The van der Waals surface area contributed by atoms with Crippen molar-refractivity contribution in [1.29, 1.82) is 0 Å². The maximum atomic E-state index is 12.9. The van der Waals surface area contributed by atoms with Crippen molar-refractivity contribution < 1.29 is 22.8 Å². The molecule has 0 fully saturated rings. The molecule has 2 rings (SSSR count). The van der Waals surface area contributed by atoms with Crippen LogP contribution in [-0.2, 0) is 6.18 Å². The molecule has 0 aromatic heterocycles. The molecule has 4 amide bonds. The molecule has 0 radical (unpaired) electrons. The Hall–Kier alpha value is -3.47. The van der Waals surface area contributed by atoms with Gasteiger partial charge in [-0.05, 0) is 75.5 Å². The van der Waals surface area contributed by atoms with E-state index in [2.05, 4.69) is 39.6 Å². The smallest absolute Gasteiger partial charge is 0.372 e. The Morgan fingerprint density at radius 2 is 1.29 bits per heavy atom. The van der Waals surface area contributed by atoms with Crippen LogP contribution in [0.2, 0.25) is 0 Å². The predicted octanol–water partition coefficient (Wildman–Crippen LogP) is 5.55. The molecule has 0 unspecified atom stereocenters. The number of nitrogens with zero attached hydrogens (tertiary/aromatic N) is 3. The van der Waals surface area contributed by atoms with Crippen LogP contribution in [0.15, 0.2) is 48.5 Å². The molecule has 38 heavy (non-hydrogen) atoms. The van der Waals surface area contributed by atoms with E-state index in [1.54, 1.807) is 0 Å². The summed E-state index contributed by atoms with van der Waals surface area (Å²) in [7, 11) is 0. The number of hydrogen-bond donors (Lipinski definition) is 3. The number of anilines is 3. The molecule has 2 aromatic carbocycles. The third-order valence-corrected chi connectivity index (χ3v) is 6.25. The lowest BCUT2D eigenvalue weighted by atomic mass is 10.2. The quantitative estimate of drug-likeness (QED) is 0.314. The Morgan fingerprint density at radius 3 is 1.82 bits per heavy atom. The van der Waals surface area contributed by atoms with Gasteiger partial charge in [0.1, 0.15) is 0 Å². The zero-order valence-corrected chi connectivity index (χ0v) is 22.6. The molecule has 0 atom stereocenters. The molecule has 210 valence electrons. The molecule has 3 N–H and O–H groups in total. The van der Waals surface area contributed by atoms with Gasteiger partial charge in [-0.2, -0.15) is 13.2 Å². The first-order valence-corrected chi connectivity index (χ1v) is 13.0. The van der Waals surface area contributed by atoms with Gasteiger partial charge in [0.25, 0.3) is 0 Å². The number of hydrogen-bond acceptors (Lipinski definition) is 4. The van der Waals surface area contributed by atoms with Crippen LogP contribution in [-0.4, -0.2) is 74.2 Å². The van der Waals surface area contributed by atoms with Gasteiger partial charge >= 0.3 is 18.2 Å². The van der Waals surface area contributed by atoms with Gasteiger partial charge in [0.2, 0.25) is 0 Å². The fraction of sp³-hybridized carbons (Fsp3) is 0.481. The summed E-state index contributed by atoms with van der Waals surface area (Å²) in [6, 6.07) is 11.0. The number of likely N-dealkylation sites (N-methyl/N-ethyl adjacent to an activating group) is 1. The zero-order valence-electron chi connectivity index (χ0n) is 22.6. The lowest BCUT2D eigenvalue weighted by Gasteiger charge is -2.27. The third-order valence-electron chi connectivity index (χ3n) is 6.25. The number of nitrogens with one attached hydrogen (secondary N) is 3. The largest absolute Gasteiger partial charge is 0.416 e. The highest BCUT2D eigenvalue weighted by Crippen LogP contribution is 2.29. The van der Waals surface area contributed by atoms with E-state index in [0.29, 0.717) is 18.8 Å². The molecule has 0 bridgehead atoms. The molecule has 11 heteroatoms. The normalized spacial score (nSPS) is 11.3. The summed E-state index contributed by atoms with van der Waals surface area (Å²) in [5.41, 5.74) is 1.20. The summed E-state index contributed by atoms with van der Waals surface area (Å²) in [6.07, 6.45) is -4.45. The van der Waals surface area contributed by atoms with Gasteiger partial charge in [-0.3, -0.25) is 0 Å². The molecule has 0 aliphatic rings. The minimum atomic E-state index is -4.45. The second-order valence-corrected chi connectivity index (χ2v) is 8.62. The molecule has 0 saturated carbocycles. The highest BCUT2D eigenvalue weighted by molar-refractivity contribution is 5.90. The molecule has 0 aliphatic heterocycles. The lowest BCUT2D eigenvalue weighted by molar-refractivity contribution is -0.137. The maximum Gasteiger partial charge on any atom is 0.416 e. The van der Waals surface area contributed by atoms with Crippen molar-refractivity contribution >= 4 is 29.1 Å². The lowest BCUT2D eigenvalue weighted by Crippen LogP contribution is -2.45. The Labute approximate surface area is 223 Å². The van der Waals surface area contributed by atoms with E-state index in [0.717, 1.165) is 44.0 Å². The van der Waals surface area contributed by atoms with Gasteiger partial charge in [0, 0.05) is 56.3 Å². The minimum Gasteiger partial charge on any atom is -0.372 e. The SMILES string of the molecule is CCN(CC)CCN(CCNC(=O)Nc1ccc(N(CC)CC)cc1)C(=O)Nc1ccc(C(F)(F)F)cc1. The van der Waals surface area contributed by atoms with Crippen molar-refractivity contribution in [1.82, 2.24) is 15.1 Å². The van der Waals surface area contributed by atoms with E-state index in [-0.39, 0.29) is 18.8 Å². The van der Waals surface area contributed by atoms with Crippen LogP contribution < -0.4 is 20.9 Å². The van der Waals surface area contributed by atoms with Crippen molar-refractivity contribution in [2.75, 3.05) is 67.9 Å². The van der Waals surface area contributed by atoms with Gasteiger partial charge in [-0.15, -0.1) is 0 Å². The molecular weight excluding hydrogens is 497 g/mol. The van der Waals surface area contributed by atoms with Crippen LogP contribution in [0.5, 0.6) is 0 Å². The number of carbonyl (C=O) groups excluding carboxylic acids is 2. The second-order valence-electron chi connectivity index (χ2n) is 8.62. The number of benzene rings is 2. The van der Waals surface area contributed by atoms with E-state index < -0.39 is 23.8 Å². The summed E-state index contributed by atoms with van der Waals surface area (Å²) in [6.45, 7) is 13.1. The summed E-state index contributed by atoms with van der Waals surface area (Å²) >= 11 is 0. The molecule has 0 spiro atoms. The molecule has 2 aromatic rings. The van der Waals surface area contributed by atoms with Crippen LogP contribution in [0.3, 0.4) is 0 Å². The van der Waals surface area contributed by atoms with Gasteiger partial charge in [-0.25, -0.2) is 9.59 Å². The van der Waals surface area contributed by atoms with Crippen LogP contribution in [0.25, 0.3) is 0 Å². The third kappa shape index (κ3) is 9.77. The standard InChI is InChI=1S/C27H39F3N6O2/c1-5-34(6-2)19-20-36(26(38)33-23-11-9-21(10-12-23)27(28,29)30)18-17-31-25(37)32-22-13-15-24(16-14-22)35(7-3)8-4/h9-16H,5-8,17-20H2,1-4H3,(H,33,38)(H2,31,32,37). The first kappa shape index (κ1) is 30.8. The number of carbonyl (C=O) groups is 2. The van der Waals surface area contributed by atoms with E-state index >= 15 is 0 Å². The zero-order chi connectivity index (χ0) is 28.1. The molecule has 0 saturated heterocycles. The molecule has 0 heterocycles. The van der Waals surface area contributed by atoms with Crippen molar-refractivity contribution in [3.05, 3.63) is 54.1 Å². The van der Waals surface area contributed by atoms with Crippen LogP contribution in [0, 0.1) is 0 Å². The molecule has 8 nitrogen and oxygen atoms in total. The summed E-state index contributed by atoms with van der Waals surface area (Å²) in [5, 5.41) is 8.20. The fourth-order valence-electron chi connectivity index (χ4n) is 3.89. The van der Waals surface area contributed by atoms with Gasteiger partial charge in [-0.1, -0.05) is 13.8 Å². The van der Waals surface area contributed by atoms with Crippen LogP contribution >= 0.6 is 0 Å². The van der Waals surface area contributed by atoms with Crippen LogP contribution in [0.4, 0.5) is 39.8 Å². The Morgan fingerprint density at radius 1 is 0.737 bits per heavy atom. The van der Waals surface area contributed by atoms with E-state index in [9.17, 15) is 22.8 Å². The van der Waals surface area contributed by atoms with Crippen LogP contribution in [0.1, 0.15) is 33.3 Å². The fourth-order valence-corrected chi connectivity index (χ4v) is 3.89. The molecular formula is C27H39F3N6O2. The number of halogens is 3. The highest BCUT2D eigenvalue weighted by Gasteiger charge is 2.30. The van der Waals surface area contributed by atoms with E-state index in [4.69, 9.17) is 0 Å². The Balaban J connectivity index is 1.95. The van der Waals surface area contributed by atoms with Gasteiger partial charge in [0.05, 0.1) is 5.56 Å². The number of alkyl halides is 3. The maximum absolute atomic E-state index is 12.9. The highest BCUT2D eigenvalue weighted by atomic mass is 19.4. The average Bonchev–Trinajstić information content (AvgIpc) is 2.89. The minimum absolute atomic E-state index is 0.196. The monoisotopic (exact) mass is 536 g/mol. The first-order valence-electron chi connectivity index (χ1n) is 13.0. The van der Waals surface area contributed by atoms with E-state index in [1.807, 2.05) is 38.1 Å². The van der Waals surface area contributed by atoms with E-state index in [1.165, 1.54) is 17.0 Å². The predicted molar refractivity (Wildman–Crippen MR) is 147 cm³/mol. The summed E-state index contributed by atoms with van der Waals surface area (Å²) < 4.78 is 38.5. The summed E-state index contributed by atoms with van der Waals surface area (Å²) in [5.74, 6) is 0. The van der Waals surface area contributed by atoms with Crippen molar-refractivity contribution in [3.63, 3.8) is 0 Å². The van der Waals surface area contributed by atoms with Crippen molar-refractivity contribution in [3.8, 4) is 0 Å². The van der Waals surface area contributed by atoms with Crippen molar-refractivity contribution in [2.24, 2.45) is 0 Å².